The number of oxazole rings is 1. The van der Waals surface area contributed by atoms with Crippen molar-refractivity contribution in [3.63, 3.8) is 0 Å². The standard InChI is InChI=1S/C12H15N3O/c1-9-10(2)16-12(15-9)8-13-7-11-5-3-4-6-14-11/h3-6,13H,7-8H2,1-2H3. The Bertz CT molecular complexity index is 431. The van der Waals surface area contributed by atoms with Crippen molar-refractivity contribution in [2.45, 2.75) is 26.9 Å². The van der Waals surface area contributed by atoms with Gasteiger partial charge in [0.25, 0.3) is 0 Å². The molecular formula is C12H15N3O. The molecule has 0 aliphatic heterocycles. The highest BCUT2D eigenvalue weighted by Gasteiger charge is 2.04. The molecule has 2 rings (SSSR count). The van der Waals surface area contributed by atoms with Crippen molar-refractivity contribution >= 4 is 0 Å². The zero-order valence-electron chi connectivity index (χ0n) is 9.53. The molecule has 0 atom stereocenters. The molecule has 0 spiro atoms. The smallest absolute Gasteiger partial charge is 0.208 e. The molecule has 0 radical (unpaired) electrons. The van der Waals surface area contributed by atoms with Gasteiger partial charge in [0.15, 0.2) is 0 Å². The first-order valence-corrected chi connectivity index (χ1v) is 5.29. The van der Waals surface area contributed by atoms with Gasteiger partial charge in [-0.2, -0.15) is 0 Å². The topological polar surface area (TPSA) is 51.0 Å². The molecule has 0 amide bonds. The fraction of sp³-hybridized carbons (Fsp3) is 0.333. The van der Waals surface area contributed by atoms with E-state index in [-0.39, 0.29) is 0 Å². The Hall–Kier alpha value is -1.68. The number of nitrogens with one attached hydrogen (secondary N) is 1. The number of hydrogen-bond acceptors (Lipinski definition) is 4. The molecule has 4 heteroatoms. The lowest BCUT2D eigenvalue weighted by molar-refractivity contribution is 0.448. The SMILES string of the molecule is Cc1nc(CNCc2ccccn2)oc1C. The average molecular weight is 217 g/mol. The summed E-state index contributed by atoms with van der Waals surface area (Å²) in [6.45, 7) is 5.22. The monoisotopic (exact) mass is 217 g/mol. The van der Waals surface area contributed by atoms with E-state index < -0.39 is 0 Å². The van der Waals surface area contributed by atoms with E-state index in [2.05, 4.69) is 15.3 Å². The second kappa shape index (κ2) is 4.90. The van der Waals surface area contributed by atoms with Gasteiger partial charge in [0.05, 0.1) is 17.9 Å². The molecule has 0 unspecified atom stereocenters. The third kappa shape index (κ3) is 2.67. The van der Waals surface area contributed by atoms with Crippen LogP contribution in [0.25, 0.3) is 0 Å². The maximum atomic E-state index is 5.46. The molecule has 0 bridgehead atoms. The molecule has 0 aliphatic rings. The van der Waals surface area contributed by atoms with Gasteiger partial charge >= 0.3 is 0 Å². The molecule has 2 heterocycles. The van der Waals surface area contributed by atoms with Gasteiger partial charge in [-0.15, -0.1) is 0 Å². The second-order valence-corrected chi connectivity index (χ2v) is 3.67. The van der Waals surface area contributed by atoms with Crippen LogP contribution in [0.5, 0.6) is 0 Å². The largest absolute Gasteiger partial charge is 0.444 e. The number of rotatable bonds is 4. The summed E-state index contributed by atoms with van der Waals surface area (Å²) in [6.07, 6.45) is 1.79. The van der Waals surface area contributed by atoms with E-state index in [1.807, 2.05) is 32.0 Å². The van der Waals surface area contributed by atoms with Crippen LogP contribution in [-0.4, -0.2) is 9.97 Å². The van der Waals surface area contributed by atoms with Crippen molar-refractivity contribution in [3.05, 3.63) is 47.4 Å². The number of nitrogens with zero attached hydrogens (tertiary/aromatic N) is 2. The number of aromatic nitrogens is 2. The minimum atomic E-state index is 0.630. The molecule has 1 N–H and O–H groups in total. The van der Waals surface area contributed by atoms with Gasteiger partial charge in [0.1, 0.15) is 5.76 Å². The van der Waals surface area contributed by atoms with Gasteiger partial charge in [-0.3, -0.25) is 4.98 Å². The van der Waals surface area contributed by atoms with Crippen molar-refractivity contribution < 1.29 is 4.42 Å². The van der Waals surface area contributed by atoms with Gasteiger partial charge in [0, 0.05) is 12.7 Å². The molecule has 2 aromatic rings. The number of pyridine rings is 1. The molecule has 4 nitrogen and oxygen atoms in total. The first kappa shape index (κ1) is 10.8. The molecule has 0 aromatic carbocycles. The summed E-state index contributed by atoms with van der Waals surface area (Å²) in [4.78, 5) is 8.51. The van der Waals surface area contributed by atoms with Crippen molar-refractivity contribution in [2.24, 2.45) is 0 Å². The minimum absolute atomic E-state index is 0.630. The first-order valence-electron chi connectivity index (χ1n) is 5.29. The molecule has 0 saturated carbocycles. The van der Waals surface area contributed by atoms with Crippen LogP contribution in [0.3, 0.4) is 0 Å². The van der Waals surface area contributed by atoms with Crippen molar-refractivity contribution in [3.8, 4) is 0 Å². The van der Waals surface area contributed by atoms with Crippen molar-refractivity contribution in [2.75, 3.05) is 0 Å². The molecular weight excluding hydrogens is 202 g/mol. The van der Waals surface area contributed by atoms with Crippen molar-refractivity contribution in [1.29, 1.82) is 0 Å². The normalized spacial score (nSPS) is 10.6. The molecule has 0 saturated heterocycles. The van der Waals surface area contributed by atoms with Crippen molar-refractivity contribution in [1.82, 2.24) is 15.3 Å². The van der Waals surface area contributed by atoms with Crippen LogP contribution >= 0.6 is 0 Å². The van der Waals surface area contributed by atoms with Crippen LogP contribution in [0.2, 0.25) is 0 Å². The maximum absolute atomic E-state index is 5.46. The molecule has 0 aliphatic carbocycles. The highest BCUT2D eigenvalue weighted by atomic mass is 16.4. The van der Waals surface area contributed by atoms with E-state index in [1.165, 1.54) is 0 Å². The Balaban J connectivity index is 1.84. The van der Waals surface area contributed by atoms with Crippen LogP contribution in [0, 0.1) is 13.8 Å². The van der Waals surface area contributed by atoms with Gasteiger partial charge in [0.2, 0.25) is 5.89 Å². The summed E-state index contributed by atoms with van der Waals surface area (Å²) in [5.41, 5.74) is 1.97. The summed E-state index contributed by atoms with van der Waals surface area (Å²) in [7, 11) is 0. The van der Waals surface area contributed by atoms with Crippen LogP contribution < -0.4 is 5.32 Å². The summed E-state index contributed by atoms with van der Waals surface area (Å²) >= 11 is 0. The third-order valence-electron chi connectivity index (χ3n) is 2.38. The second-order valence-electron chi connectivity index (χ2n) is 3.67. The van der Waals surface area contributed by atoms with E-state index in [9.17, 15) is 0 Å². The van der Waals surface area contributed by atoms with E-state index in [0.29, 0.717) is 6.54 Å². The van der Waals surface area contributed by atoms with Gasteiger partial charge < -0.3 is 9.73 Å². The highest BCUT2D eigenvalue weighted by Crippen LogP contribution is 2.07. The molecule has 0 fully saturated rings. The summed E-state index contributed by atoms with van der Waals surface area (Å²) in [5.74, 6) is 1.61. The van der Waals surface area contributed by atoms with E-state index in [4.69, 9.17) is 4.42 Å². The van der Waals surface area contributed by atoms with Crippen LogP contribution in [0.4, 0.5) is 0 Å². The fourth-order valence-electron chi connectivity index (χ4n) is 1.41. The minimum Gasteiger partial charge on any atom is -0.444 e. The highest BCUT2D eigenvalue weighted by molar-refractivity contribution is 5.06. The van der Waals surface area contributed by atoms with E-state index in [1.54, 1.807) is 6.20 Å². The van der Waals surface area contributed by atoms with Crippen LogP contribution in [-0.2, 0) is 13.1 Å². The Kier molecular flexibility index (Phi) is 3.31. The zero-order valence-corrected chi connectivity index (χ0v) is 9.53. The van der Waals surface area contributed by atoms with Gasteiger partial charge in [-0.05, 0) is 26.0 Å². The van der Waals surface area contributed by atoms with Gasteiger partial charge in [-0.1, -0.05) is 6.07 Å². The molecule has 84 valence electrons. The van der Waals surface area contributed by atoms with E-state index in [0.717, 1.165) is 29.6 Å². The Morgan fingerprint density at radius 1 is 1.25 bits per heavy atom. The zero-order chi connectivity index (χ0) is 11.4. The average Bonchev–Trinajstić information content (AvgIpc) is 2.60. The predicted octanol–water partition coefficient (Wildman–Crippen LogP) is 1.98. The Labute approximate surface area is 94.7 Å². The summed E-state index contributed by atoms with van der Waals surface area (Å²) in [6, 6.07) is 5.87. The lowest BCUT2D eigenvalue weighted by Gasteiger charge is -2.00. The number of hydrogen-bond donors (Lipinski definition) is 1. The summed E-state index contributed by atoms with van der Waals surface area (Å²) in [5, 5.41) is 3.24. The lowest BCUT2D eigenvalue weighted by atomic mass is 10.3. The third-order valence-corrected chi connectivity index (χ3v) is 2.38. The predicted molar refractivity (Wildman–Crippen MR) is 60.8 cm³/mol. The Morgan fingerprint density at radius 2 is 2.12 bits per heavy atom. The fourth-order valence-corrected chi connectivity index (χ4v) is 1.41. The van der Waals surface area contributed by atoms with E-state index >= 15 is 0 Å². The van der Waals surface area contributed by atoms with Crippen LogP contribution in [0.1, 0.15) is 23.0 Å². The Morgan fingerprint density at radius 3 is 2.75 bits per heavy atom. The quantitative estimate of drug-likeness (QED) is 0.850. The lowest BCUT2D eigenvalue weighted by Crippen LogP contribution is -2.13. The number of aryl methyl sites for hydroxylation is 2. The molecule has 2 aromatic heterocycles. The van der Waals surface area contributed by atoms with Crippen LogP contribution in [0.15, 0.2) is 28.8 Å². The maximum Gasteiger partial charge on any atom is 0.208 e. The summed E-state index contributed by atoms with van der Waals surface area (Å²) < 4.78 is 5.46. The van der Waals surface area contributed by atoms with Gasteiger partial charge in [-0.25, -0.2) is 4.98 Å². The molecule has 16 heavy (non-hydrogen) atoms. The first-order chi connectivity index (χ1) is 7.75.